The lowest BCUT2D eigenvalue weighted by Crippen LogP contribution is -2.08. The van der Waals surface area contributed by atoms with Gasteiger partial charge in [-0.15, -0.1) is 0 Å². The molecular weight excluding hydrogens is 284 g/mol. The van der Waals surface area contributed by atoms with Gasteiger partial charge in [0.1, 0.15) is 17.1 Å². The Bertz CT molecular complexity index is 706. The van der Waals surface area contributed by atoms with E-state index < -0.39 is 11.9 Å². The van der Waals surface area contributed by atoms with E-state index in [-0.39, 0.29) is 23.5 Å². The Morgan fingerprint density at radius 1 is 1.09 bits per heavy atom. The van der Waals surface area contributed by atoms with Gasteiger partial charge in [0.15, 0.2) is 0 Å². The van der Waals surface area contributed by atoms with Gasteiger partial charge in [0.25, 0.3) is 0 Å². The van der Waals surface area contributed by atoms with Gasteiger partial charge in [-0.2, -0.15) is 0 Å². The Balaban J connectivity index is 2.45. The molecule has 0 spiro atoms. The smallest absolute Gasteiger partial charge is 0.341 e. The molecule has 0 radical (unpaired) electrons. The van der Waals surface area contributed by atoms with Gasteiger partial charge >= 0.3 is 11.9 Å². The molecular formula is C17H16O5. The second-order valence-corrected chi connectivity index (χ2v) is 4.60. The minimum Gasteiger partial charge on any atom is -0.478 e. The fourth-order valence-corrected chi connectivity index (χ4v) is 1.91. The van der Waals surface area contributed by atoms with E-state index in [0.29, 0.717) is 5.75 Å². The van der Waals surface area contributed by atoms with Crippen molar-refractivity contribution in [1.29, 1.82) is 0 Å². The minimum absolute atomic E-state index is 0.0385. The first-order chi connectivity index (χ1) is 10.5. The molecule has 2 aromatic carbocycles. The highest BCUT2D eigenvalue weighted by Crippen LogP contribution is 2.29. The van der Waals surface area contributed by atoms with Crippen LogP contribution in [0.4, 0.5) is 0 Å². The number of carboxylic acid groups (broad SMARTS) is 1. The van der Waals surface area contributed by atoms with Crippen molar-refractivity contribution in [2.45, 2.75) is 13.8 Å². The van der Waals surface area contributed by atoms with Crippen LogP contribution in [-0.4, -0.2) is 23.7 Å². The summed E-state index contributed by atoms with van der Waals surface area (Å²) in [6.45, 7) is 3.79. The van der Waals surface area contributed by atoms with Gasteiger partial charge in [0.2, 0.25) is 0 Å². The predicted molar refractivity (Wildman–Crippen MR) is 80.6 cm³/mol. The molecule has 5 heteroatoms. The van der Waals surface area contributed by atoms with Crippen LogP contribution in [0.25, 0.3) is 0 Å². The number of carbonyl (C=O) groups excluding carboxylic acids is 1. The maximum Gasteiger partial charge on any atom is 0.341 e. The van der Waals surface area contributed by atoms with Crippen molar-refractivity contribution in [3.63, 3.8) is 0 Å². The zero-order chi connectivity index (χ0) is 16.1. The summed E-state index contributed by atoms with van der Waals surface area (Å²) >= 11 is 0. The highest BCUT2D eigenvalue weighted by Gasteiger charge is 2.17. The Hall–Kier alpha value is -2.82. The summed E-state index contributed by atoms with van der Waals surface area (Å²) < 4.78 is 10.7. The predicted octanol–water partition coefficient (Wildman–Crippen LogP) is 3.66. The van der Waals surface area contributed by atoms with Gasteiger partial charge in [-0.25, -0.2) is 9.59 Å². The lowest BCUT2D eigenvalue weighted by molar-refractivity contribution is 0.0522. The first-order valence-corrected chi connectivity index (χ1v) is 6.81. The second-order valence-electron chi connectivity index (χ2n) is 4.60. The Labute approximate surface area is 128 Å². The number of hydrogen-bond donors (Lipinski definition) is 1. The summed E-state index contributed by atoms with van der Waals surface area (Å²) in [5.41, 5.74) is 1.10. The molecule has 5 nitrogen and oxygen atoms in total. The highest BCUT2D eigenvalue weighted by molar-refractivity contribution is 5.95. The number of rotatable bonds is 5. The first kappa shape index (κ1) is 15.6. The maximum absolute atomic E-state index is 12.0. The van der Waals surface area contributed by atoms with E-state index in [2.05, 4.69) is 0 Å². The van der Waals surface area contributed by atoms with E-state index in [0.717, 1.165) is 5.56 Å². The van der Waals surface area contributed by atoms with E-state index >= 15 is 0 Å². The third kappa shape index (κ3) is 3.44. The Kier molecular flexibility index (Phi) is 4.78. The minimum atomic E-state index is -1.09. The topological polar surface area (TPSA) is 72.8 Å². The molecule has 0 bridgehead atoms. The average Bonchev–Trinajstić information content (AvgIpc) is 2.49. The summed E-state index contributed by atoms with van der Waals surface area (Å²) in [6, 6.07) is 11.3. The molecule has 0 amide bonds. The second kappa shape index (κ2) is 6.76. The van der Waals surface area contributed by atoms with Crippen molar-refractivity contribution in [3.8, 4) is 11.5 Å². The van der Waals surface area contributed by atoms with Crippen LogP contribution >= 0.6 is 0 Å². The standard InChI is InChI=1S/C17H16O5/c1-3-21-17(20)13-9-8-12(16(18)19)10-15(13)22-14-7-5-4-6-11(14)2/h4-10H,3H2,1-2H3,(H,18,19). The molecule has 0 saturated heterocycles. The normalized spacial score (nSPS) is 10.1. The van der Waals surface area contributed by atoms with E-state index in [9.17, 15) is 9.59 Å². The average molecular weight is 300 g/mol. The number of aryl methyl sites for hydroxylation is 1. The molecule has 0 aliphatic heterocycles. The van der Waals surface area contributed by atoms with Crippen LogP contribution in [-0.2, 0) is 4.74 Å². The van der Waals surface area contributed by atoms with Gasteiger partial charge in [0, 0.05) is 0 Å². The van der Waals surface area contributed by atoms with E-state index in [1.165, 1.54) is 18.2 Å². The monoisotopic (exact) mass is 300 g/mol. The molecule has 0 fully saturated rings. The van der Waals surface area contributed by atoms with Crippen molar-refractivity contribution >= 4 is 11.9 Å². The van der Waals surface area contributed by atoms with Gasteiger partial charge in [-0.3, -0.25) is 0 Å². The van der Waals surface area contributed by atoms with Crippen molar-refractivity contribution in [2.75, 3.05) is 6.61 Å². The Morgan fingerprint density at radius 2 is 1.82 bits per heavy atom. The van der Waals surface area contributed by atoms with Gasteiger partial charge in [-0.05, 0) is 43.7 Å². The molecule has 22 heavy (non-hydrogen) atoms. The lowest BCUT2D eigenvalue weighted by Gasteiger charge is -2.13. The third-order valence-electron chi connectivity index (χ3n) is 3.04. The van der Waals surface area contributed by atoms with Crippen molar-refractivity contribution in [1.82, 2.24) is 0 Å². The van der Waals surface area contributed by atoms with Crippen LogP contribution in [0, 0.1) is 6.92 Å². The van der Waals surface area contributed by atoms with Gasteiger partial charge in [-0.1, -0.05) is 18.2 Å². The zero-order valence-corrected chi connectivity index (χ0v) is 12.3. The van der Waals surface area contributed by atoms with Gasteiger partial charge in [0.05, 0.1) is 12.2 Å². The zero-order valence-electron chi connectivity index (χ0n) is 12.3. The van der Waals surface area contributed by atoms with Crippen LogP contribution < -0.4 is 4.74 Å². The number of benzene rings is 2. The van der Waals surface area contributed by atoms with Crippen molar-refractivity contribution in [2.24, 2.45) is 0 Å². The molecule has 0 atom stereocenters. The number of ether oxygens (including phenoxy) is 2. The quantitative estimate of drug-likeness (QED) is 0.853. The largest absolute Gasteiger partial charge is 0.478 e. The molecule has 0 aliphatic carbocycles. The lowest BCUT2D eigenvalue weighted by atomic mass is 10.1. The summed E-state index contributed by atoms with van der Waals surface area (Å²) in [5.74, 6) is -0.934. The molecule has 0 heterocycles. The van der Waals surface area contributed by atoms with Crippen LogP contribution in [0.3, 0.4) is 0 Å². The molecule has 0 aromatic heterocycles. The summed E-state index contributed by atoms with van der Waals surface area (Å²) in [7, 11) is 0. The van der Waals surface area contributed by atoms with Crippen molar-refractivity contribution in [3.05, 3.63) is 59.2 Å². The van der Waals surface area contributed by atoms with Gasteiger partial charge < -0.3 is 14.6 Å². The number of esters is 1. The van der Waals surface area contributed by atoms with Crippen LogP contribution in [0.15, 0.2) is 42.5 Å². The Morgan fingerprint density at radius 3 is 2.45 bits per heavy atom. The fraction of sp³-hybridized carbons (Fsp3) is 0.176. The molecule has 2 rings (SSSR count). The molecule has 1 N–H and O–H groups in total. The number of aromatic carboxylic acids is 1. The van der Waals surface area contributed by atoms with E-state index in [1.807, 2.05) is 19.1 Å². The number of hydrogen-bond acceptors (Lipinski definition) is 4. The third-order valence-corrected chi connectivity index (χ3v) is 3.04. The molecule has 0 unspecified atom stereocenters. The molecule has 2 aromatic rings. The molecule has 0 aliphatic rings. The van der Waals surface area contributed by atoms with Crippen LogP contribution in [0.2, 0.25) is 0 Å². The number of para-hydroxylation sites is 1. The number of carbonyl (C=O) groups is 2. The van der Waals surface area contributed by atoms with E-state index in [4.69, 9.17) is 14.6 Å². The fourth-order valence-electron chi connectivity index (χ4n) is 1.91. The van der Waals surface area contributed by atoms with Crippen LogP contribution in [0.1, 0.15) is 33.2 Å². The van der Waals surface area contributed by atoms with Crippen LogP contribution in [0.5, 0.6) is 11.5 Å². The first-order valence-electron chi connectivity index (χ1n) is 6.81. The summed E-state index contributed by atoms with van der Waals surface area (Å²) in [4.78, 5) is 23.1. The van der Waals surface area contributed by atoms with E-state index in [1.54, 1.807) is 19.1 Å². The SMILES string of the molecule is CCOC(=O)c1ccc(C(=O)O)cc1Oc1ccccc1C. The summed E-state index contributed by atoms with van der Waals surface area (Å²) in [6.07, 6.45) is 0. The molecule has 114 valence electrons. The highest BCUT2D eigenvalue weighted by atomic mass is 16.5. The molecule has 0 saturated carbocycles. The number of carboxylic acids is 1. The maximum atomic E-state index is 12.0. The summed E-state index contributed by atoms with van der Waals surface area (Å²) in [5, 5.41) is 9.09. The van der Waals surface area contributed by atoms with Crippen molar-refractivity contribution < 1.29 is 24.2 Å².